The number of hydrogen-bond acceptors (Lipinski definition) is 0. The minimum absolute atomic E-state index is 0. The van der Waals surface area contributed by atoms with Gasteiger partial charge in [0.25, 0.3) is 0 Å². The third kappa shape index (κ3) is 16.9. The summed E-state index contributed by atoms with van der Waals surface area (Å²) in [5.74, 6) is 0.422. The van der Waals surface area contributed by atoms with Crippen LogP contribution in [0.25, 0.3) is 5.57 Å². The van der Waals surface area contributed by atoms with Crippen molar-refractivity contribution in [2.45, 2.75) is 13.8 Å². The van der Waals surface area contributed by atoms with Gasteiger partial charge in [-0.25, -0.2) is 0 Å². The van der Waals surface area contributed by atoms with E-state index in [1.165, 1.54) is 0 Å². The first-order chi connectivity index (χ1) is 5.70. The van der Waals surface area contributed by atoms with Crippen LogP contribution in [0.4, 0.5) is 0 Å². The van der Waals surface area contributed by atoms with Crippen molar-refractivity contribution in [3.8, 4) is 0 Å². The normalized spacial score (nSPS) is 8.06. The summed E-state index contributed by atoms with van der Waals surface area (Å²) in [6.45, 7) is 8.11. The second-order valence-electron chi connectivity index (χ2n) is 3.05. The summed E-state index contributed by atoms with van der Waals surface area (Å²) in [7, 11) is 0. The molecule has 6 heteroatoms. The number of hydrogen-bond donors (Lipinski definition) is 0. The van der Waals surface area contributed by atoms with Crippen LogP contribution >= 0.6 is 0 Å². The van der Waals surface area contributed by atoms with Gasteiger partial charge in [0, 0.05) is 125 Å². The maximum Gasteiger partial charge on any atom is 0 e. The monoisotopic (exact) mass is 501 g/mol. The number of rotatable bonds is 2. The van der Waals surface area contributed by atoms with E-state index in [-0.39, 0.29) is 125 Å². The summed E-state index contributed by atoms with van der Waals surface area (Å²) in [5.41, 5.74) is 1.97. The number of allylic oxidation sites excluding steroid dienone is 2. The van der Waals surface area contributed by atoms with Crippen LogP contribution < -0.4 is 0 Å². The Morgan fingerprint density at radius 2 is 1.61 bits per heavy atom. The van der Waals surface area contributed by atoms with E-state index in [0.717, 1.165) is 11.1 Å². The summed E-state index contributed by atoms with van der Waals surface area (Å²) in [4.78, 5) is 0. The van der Waals surface area contributed by atoms with Crippen LogP contribution in [0.5, 0.6) is 0 Å². The van der Waals surface area contributed by atoms with Crippen LogP contribution in [-0.4, -0.2) is 0 Å². The van der Waals surface area contributed by atoms with E-state index in [9.17, 15) is 0 Å². The van der Waals surface area contributed by atoms with Crippen molar-refractivity contribution < 1.29 is 125 Å². The van der Waals surface area contributed by atoms with E-state index in [1.807, 2.05) is 24.3 Å². The van der Waals surface area contributed by atoms with Crippen molar-refractivity contribution in [2.24, 2.45) is 5.92 Å². The molecular weight excluding hydrogens is 488 g/mol. The minimum Gasteiger partial charge on any atom is -0.455 e. The average molecular weight is 501 g/mol. The Hall–Kier alpha value is 2.86. The molecule has 0 spiro atoms. The van der Waals surface area contributed by atoms with E-state index in [4.69, 9.17) is 0 Å². The van der Waals surface area contributed by atoms with Gasteiger partial charge in [0.15, 0.2) is 0 Å². The second kappa shape index (κ2) is 22.1. The maximum absolute atomic E-state index is 3.92. The molecule has 0 unspecified atom stereocenters. The molecule has 0 aliphatic rings. The van der Waals surface area contributed by atoms with Gasteiger partial charge in [-0.15, -0.1) is 12.0 Å². The topological polar surface area (TPSA) is 0 Å². The van der Waals surface area contributed by atoms with Gasteiger partial charge in [0.2, 0.25) is 0 Å². The summed E-state index contributed by atoms with van der Waals surface area (Å²) in [5, 5.41) is 0. The zero-order valence-corrected chi connectivity index (χ0v) is 20.2. The largest absolute Gasteiger partial charge is 0.455 e. The van der Waals surface area contributed by atoms with Gasteiger partial charge in [0.1, 0.15) is 0 Å². The van der Waals surface area contributed by atoms with E-state index < -0.39 is 0 Å². The van der Waals surface area contributed by atoms with Crippen LogP contribution in [0.15, 0.2) is 24.3 Å². The molecule has 6 radical (unpaired) electrons. The third-order valence-corrected chi connectivity index (χ3v) is 1.50. The van der Waals surface area contributed by atoms with Crippen LogP contribution in [0, 0.1) is 25.0 Å². The van der Waals surface area contributed by atoms with E-state index >= 15 is 0 Å². The van der Waals surface area contributed by atoms with E-state index in [2.05, 4.69) is 32.9 Å². The third-order valence-electron chi connectivity index (χ3n) is 1.50. The molecule has 0 saturated heterocycles. The molecular formula is C12H13V5Y-3. The Kier molecular flexibility index (Phi) is 45.8. The Morgan fingerprint density at radius 1 is 1.11 bits per heavy atom. The Labute approximate surface area is 196 Å². The molecule has 92 valence electrons. The van der Waals surface area contributed by atoms with Crippen LogP contribution in [0.3, 0.4) is 0 Å². The fourth-order valence-corrected chi connectivity index (χ4v) is 1.01. The first-order valence-electron chi connectivity index (χ1n) is 4.12. The van der Waals surface area contributed by atoms with Gasteiger partial charge in [-0.3, -0.25) is 12.1 Å². The molecule has 18 heavy (non-hydrogen) atoms. The van der Waals surface area contributed by atoms with Crippen molar-refractivity contribution >= 4 is 5.57 Å². The maximum atomic E-state index is 3.92. The molecule has 0 N–H and O–H groups in total. The fraction of sp³-hybridized carbons (Fsp3) is 0.250. The molecule has 0 atom stereocenters. The zero-order chi connectivity index (χ0) is 8.97. The first-order valence-corrected chi connectivity index (χ1v) is 4.12. The summed E-state index contributed by atoms with van der Waals surface area (Å²) in [6, 6.07) is 10.9. The van der Waals surface area contributed by atoms with Gasteiger partial charge in [0.05, 0.1) is 0 Å². The zero-order valence-electron chi connectivity index (χ0n) is 10.4. The molecule has 1 aromatic rings. The molecule has 0 aliphatic carbocycles. The molecule has 0 heterocycles. The summed E-state index contributed by atoms with van der Waals surface area (Å²) >= 11 is 0. The van der Waals surface area contributed by atoms with Crippen LogP contribution in [0.1, 0.15) is 19.4 Å². The van der Waals surface area contributed by atoms with Gasteiger partial charge >= 0.3 is 0 Å². The predicted octanol–water partition coefficient (Wildman–Crippen LogP) is 3.15. The Balaban J connectivity index is -0.0000000600. The Morgan fingerprint density at radius 3 is 1.94 bits per heavy atom. The molecule has 1 rings (SSSR count). The predicted molar refractivity (Wildman–Crippen MR) is 52.1 cm³/mol. The number of benzene rings is 1. The van der Waals surface area contributed by atoms with Crippen molar-refractivity contribution in [3.63, 3.8) is 0 Å². The van der Waals surface area contributed by atoms with Crippen LogP contribution in [0.2, 0.25) is 0 Å². The quantitative estimate of drug-likeness (QED) is 0.548. The van der Waals surface area contributed by atoms with E-state index in [1.54, 1.807) is 0 Å². The summed E-state index contributed by atoms with van der Waals surface area (Å²) in [6.07, 6.45) is 3.23. The molecule has 0 amide bonds. The van der Waals surface area contributed by atoms with E-state index in [0.29, 0.717) is 5.92 Å². The average Bonchev–Trinajstić information content (AvgIpc) is 2.05. The molecule has 1 aromatic carbocycles. The summed E-state index contributed by atoms with van der Waals surface area (Å²) < 4.78 is 0. The molecule has 0 fully saturated rings. The minimum atomic E-state index is 0. The smallest absolute Gasteiger partial charge is 0 e. The molecule has 0 aromatic heterocycles. The van der Waals surface area contributed by atoms with Crippen molar-refractivity contribution in [3.05, 3.63) is 48.9 Å². The standard InChI is InChI=1S/C12H13.5V.Y/c1-10(2)9-11(3)12-7-5-4-6-8-12;;;;;;/h4-7,10H,3H2,1-2H3;;;;;;/q-3;;;;;;. The van der Waals surface area contributed by atoms with Gasteiger partial charge in [-0.05, 0) is 0 Å². The van der Waals surface area contributed by atoms with Crippen molar-refractivity contribution in [1.82, 2.24) is 0 Å². The second-order valence-corrected chi connectivity index (χ2v) is 3.05. The van der Waals surface area contributed by atoms with Gasteiger partial charge < -0.3 is 24.1 Å². The molecule has 0 nitrogen and oxygen atoms in total. The van der Waals surface area contributed by atoms with Crippen molar-refractivity contribution in [1.29, 1.82) is 0 Å². The SMILES string of the molecule is [CH2-]C(=[C-]C(C)C)c1[c-]cccc1.[V].[V].[V].[V].[V].[Y]. The van der Waals surface area contributed by atoms with Crippen LogP contribution in [-0.2, 0) is 125 Å². The molecule has 0 saturated carbocycles. The Bertz CT molecular complexity index is 275. The molecule has 0 aliphatic heterocycles. The van der Waals surface area contributed by atoms with Crippen molar-refractivity contribution in [2.75, 3.05) is 0 Å². The molecule has 0 bridgehead atoms. The fourth-order valence-electron chi connectivity index (χ4n) is 1.01. The first kappa shape index (κ1) is 37.3. The van der Waals surface area contributed by atoms with Gasteiger partial charge in [-0.2, -0.15) is 12.1 Å². The van der Waals surface area contributed by atoms with Gasteiger partial charge in [-0.1, -0.05) is 13.8 Å².